The maximum atomic E-state index is 12.1. The minimum absolute atomic E-state index is 0.0228. The Morgan fingerprint density at radius 1 is 1.47 bits per heavy atom. The lowest BCUT2D eigenvalue weighted by molar-refractivity contribution is 0.707. The Morgan fingerprint density at radius 2 is 2.24 bits per heavy atom. The fourth-order valence-electron chi connectivity index (χ4n) is 2.30. The quantitative estimate of drug-likeness (QED) is 0.662. The van der Waals surface area contributed by atoms with Crippen LogP contribution in [-0.4, -0.2) is 14.3 Å². The van der Waals surface area contributed by atoms with Gasteiger partial charge < -0.3 is 4.57 Å². The number of thiophene rings is 1. The second-order valence-electron chi connectivity index (χ2n) is 4.15. The van der Waals surface area contributed by atoms with E-state index in [-0.39, 0.29) is 5.56 Å². The van der Waals surface area contributed by atoms with Gasteiger partial charge in [0.1, 0.15) is 5.52 Å². The molecule has 0 atom stereocenters. The third kappa shape index (κ3) is 1.29. The van der Waals surface area contributed by atoms with Crippen molar-refractivity contribution >= 4 is 32.5 Å². The van der Waals surface area contributed by atoms with Gasteiger partial charge >= 0.3 is 0 Å². The molecule has 5 heteroatoms. The molecule has 4 nitrogen and oxygen atoms in total. The molecular formula is C12H13N3OS. The van der Waals surface area contributed by atoms with Crippen molar-refractivity contribution in [2.75, 3.05) is 0 Å². The smallest absolute Gasteiger partial charge is 0.291 e. The van der Waals surface area contributed by atoms with Gasteiger partial charge in [0.15, 0.2) is 0 Å². The fraction of sp³-hybridized carbons (Fsp3) is 0.333. The normalized spacial score (nSPS) is 11.7. The second-order valence-corrected chi connectivity index (χ2v) is 5.41. The number of aromatic nitrogens is 3. The first-order valence-corrected chi connectivity index (χ1v) is 6.39. The van der Waals surface area contributed by atoms with Crippen LogP contribution in [0.15, 0.2) is 17.1 Å². The van der Waals surface area contributed by atoms with Crippen LogP contribution in [0.4, 0.5) is 0 Å². The minimum Gasteiger partial charge on any atom is -0.335 e. The van der Waals surface area contributed by atoms with Crippen molar-refractivity contribution in [3.63, 3.8) is 0 Å². The largest absolute Gasteiger partial charge is 0.335 e. The number of rotatable bonds is 1. The summed E-state index contributed by atoms with van der Waals surface area (Å²) in [6.45, 7) is 4.95. The molecule has 0 aliphatic heterocycles. The first-order chi connectivity index (χ1) is 8.13. The minimum atomic E-state index is -0.0228. The molecule has 0 unspecified atom stereocenters. The molecule has 3 aromatic heterocycles. The van der Waals surface area contributed by atoms with Crippen LogP contribution in [0, 0.1) is 6.92 Å². The molecule has 0 aromatic carbocycles. The lowest BCUT2D eigenvalue weighted by Crippen LogP contribution is -2.21. The first-order valence-electron chi connectivity index (χ1n) is 5.58. The molecule has 3 heterocycles. The summed E-state index contributed by atoms with van der Waals surface area (Å²) in [5.74, 6) is 0. The number of hydrogen-bond donors (Lipinski definition) is 0. The van der Waals surface area contributed by atoms with Crippen LogP contribution in [0.25, 0.3) is 21.1 Å². The van der Waals surface area contributed by atoms with E-state index in [0.29, 0.717) is 0 Å². The Hall–Kier alpha value is -1.62. The van der Waals surface area contributed by atoms with Gasteiger partial charge in [-0.3, -0.25) is 4.79 Å². The van der Waals surface area contributed by atoms with Gasteiger partial charge in [0.2, 0.25) is 0 Å². The summed E-state index contributed by atoms with van der Waals surface area (Å²) in [6.07, 6.45) is 1.79. The van der Waals surface area contributed by atoms with Gasteiger partial charge in [0, 0.05) is 23.9 Å². The van der Waals surface area contributed by atoms with E-state index in [2.05, 4.69) is 29.6 Å². The Bertz CT molecular complexity index is 778. The molecule has 0 saturated carbocycles. The molecule has 0 aliphatic rings. The SMILES string of the molecule is CCn1c2cc(C)sc2c2cnn(C)c(=O)c21. The Kier molecular flexibility index (Phi) is 2.13. The third-order valence-corrected chi connectivity index (χ3v) is 4.14. The summed E-state index contributed by atoms with van der Waals surface area (Å²) in [5, 5.41) is 5.09. The number of hydrogen-bond acceptors (Lipinski definition) is 3. The van der Waals surface area contributed by atoms with E-state index >= 15 is 0 Å². The molecule has 0 saturated heterocycles. The van der Waals surface area contributed by atoms with Gasteiger partial charge in [0.05, 0.1) is 16.4 Å². The van der Waals surface area contributed by atoms with Gasteiger partial charge in [-0.25, -0.2) is 4.68 Å². The highest BCUT2D eigenvalue weighted by atomic mass is 32.1. The standard InChI is InChI=1S/C12H13N3OS/c1-4-15-9-5-7(2)17-11(9)8-6-13-14(3)12(16)10(8)15/h5-6H,4H2,1-3H3. The lowest BCUT2D eigenvalue weighted by atomic mass is 10.3. The molecule has 0 N–H and O–H groups in total. The fourth-order valence-corrected chi connectivity index (χ4v) is 3.32. The molecule has 3 aromatic rings. The Morgan fingerprint density at radius 3 is 2.94 bits per heavy atom. The van der Waals surface area contributed by atoms with Crippen molar-refractivity contribution in [2.45, 2.75) is 20.4 Å². The van der Waals surface area contributed by atoms with Gasteiger partial charge in [-0.05, 0) is 19.9 Å². The molecule has 3 rings (SSSR count). The average Bonchev–Trinajstić information content (AvgIpc) is 2.79. The van der Waals surface area contributed by atoms with Crippen molar-refractivity contribution in [1.29, 1.82) is 0 Å². The Labute approximate surface area is 102 Å². The molecule has 88 valence electrons. The summed E-state index contributed by atoms with van der Waals surface area (Å²) >= 11 is 1.72. The molecule has 17 heavy (non-hydrogen) atoms. The summed E-state index contributed by atoms with van der Waals surface area (Å²) in [5.41, 5.74) is 1.90. The van der Waals surface area contributed by atoms with Crippen LogP contribution in [0.2, 0.25) is 0 Å². The summed E-state index contributed by atoms with van der Waals surface area (Å²) in [4.78, 5) is 13.4. The summed E-state index contributed by atoms with van der Waals surface area (Å²) < 4.78 is 4.65. The number of fused-ring (bicyclic) bond motifs is 3. The molecule has 0 amide bonds. The van der Waals surface area contributed by atoms with Crippen LogP contribution in [-0.2, 0) is 13.6 Å². The molecular weight excluding hydrogens is 234 g/mol. The van der Waals surface area contributed by atoms with E-state index in [1.807, 2.05) is 0 Å². The van der Waals surface area contributed by atoms with Gasteiger partial charge in [-0.1, -0.05) is 0 Å². The predicted octanol–water partition coefficient (Wildman–Crippen LogP) is 2.28. The van der Waals surface area contributed by atoms with Crippen LogP contribution in [0.3, 0.4) is 0 Å². The molecule has 0 spiro atoms. The first kappa shape index (κ1) is 10.5. The zero-order valence-electron chi connectivity index (χ0n) is 10.0. The summed E-state index contributed by atoms with van der Waals surface area (Å²) in [6, 6.07) is 2.14. The van der Waals surface area contributed by atoms with E-state index in [0.717, 1.165) is 23.0 Å². The van der Waals surface area contributed by atoms with Gasteiger partial charge in [0.25, 0.3) is 5.56 Å². The molecule has 0 fully saturated rings. The van der Waals surface area contributed by atoms with E-state index in [1.165, 1.54) is 14.3 Å². The molecule has 0 radical (unpaired) electrons. The number of aryl methyl sites for hydroxylation is 3. The van der Waals surface area contributed by atoms with Crippen LogP contribution >= 0.6 is 11.3 Å². The van der Waals surface area contributed by atoms with Crippen molar-refractivity contribution < 1.29 is 0 Å². The van der Waals surface area contributed by atoms with Gasteiger partial charge in [-0.2, -0.15) is 5.10 Å². The highest BCUT2D eigenvalue weighted by Gasteiger charge is 2.15. The topological polar surface area (TPSA) is 39.8 Å². The lowest BCUT2D eigenvalue weighted by Gasteiger charge is -2.02. The van der Waals surface area contributed by atoms with E-state index in [4.69, 9.17) is 0 Å². The van der Waals surface area contributed by atoms with E-state index in [9.17, 15) is 4.79 Å². The second kappa shape index (κ2) is 3.43. The third-order valence-electron chi connectivity index (χ3n) is 3.07. The van der Waals surface area contributed by atoms with Crippen LogP contribution < -0.4 is 5.56 Å². The molecule has 0 bridgehead atoms. The maximum Gasteiger partial charge on any atom is 0.291 e. The monoisotopic (exact) mass is 247 g/mol. The zero-order chi connectivity index (χ0) is 12.2. The van der Waals surface area contributed by atoms with E-state index < -0.39 is 0 Å². The maximum absolute atomic E-state index is 12.1. The average molecular weight is 247 g/mol. The number of nitrogens with zero attached hydrogens (tertiary/aromatic N) is 3. The van der Waals surface area contributed by atoms with Crippen molar-refractivity contribution in [3.05, 3.63) is 27.5 Å². The predicted molar refractivity (Wildman–Crippen MR) is 70.8 cm³/mol. The van der Waals surface area contributed by atoms with Crippen LogP contribution in [0.5, 0.6) is 0 Å². The van der Waals surface area contributed by atoms with Crippen molar-refractivity contribution in [2.24, 2.45) is 7.05 Å². The molecule has 0 aliphatic carbocycles. The van der Waals surface area contributed by atoms with Crippen LogP contribution in [0.1, 0.15) is 11.8 Å². The van der Waals surface area contributed by atoms with Gasteiger partial charge in [-0.15, -0.1) is 11.3 Å². The summed E-state index contributed by atoms with van der Waals surface area (Å²) in [7, 11) is 1.69. The Balaban J connectivity index is 2.65. The van der Waals surface area contributed by atoms with Crippen molar-refractivity contribution in [3.8, 4) is 0 Å². The van der Waals surface area contributed by atoms with Crippen molar-refractivity contribution in [1.82, 2.24) is 14.3 Å². The zero-order valence-corrected chi connectivity index (χ0v) is 10.8. The highest BCUT2D eigenvalue weighted by molar-refractivity contribution is 7.20. The highest BCUT2D eigenvalue weighted by Crippen LogP contribution is 2.33. The van der Waals surface area contributed by atoms with E-state index in [1.54, 1.807) is 24.6 Å².